The minimum absolute atomic E-state index is 0.134. The van der Waals surface area contributed by atoms with Crippen molar-refractivity contribution < 1.29 is 5.11 Å². The van der Waals surface area contributed by atoms with Crippen molar-refractivity contribution in [2.24, 2.45) is 0 Å². The molecule has 0 fully saturated rings. The van der Waals surface area contributed by atoms with Gasteiger partial charge >= 0.3 is 0 Å². The standard InChI is InChI=1S/C14H17N3OS/c1-16-14(9-3-2-4-10(18)7-9)6-5-11-12(8-14)19-13(15)17-11/h2-4,7,16,18H,5-6,8H2,1H3,(H2,15,17)/t14-/m0/s1. The molecule has 5 heteroatoms. The first-order chi connectivity index (χ1) is 9.13. The number of aryl methyl sites for hydroxylation is 1. The fourth-order valence-electron chi connectivity index (χ4n) is 2.84. The highest BCUT2D eigenvalue weighted by molar-refractivity contribution is 7.15. The van der Waals surface area contributed by atoms with Gasteiger partial charge < -0.3 is 16.2 Å². The van der Waals surface area contributed by atoms with Crippen molar-refractivity contribution >= 4 is 16.5 Å². The SMILES string of the molecule is CN[C@@]1(c2cccc(O)c2)CCc2nc(N)sc2C1. The summed E-state index contributed by atoms with van der Waals surface area (Å²) >= 11 is 1.57. The highest BCUT2D eigenvalue weighted by atomic mass is 32.1. The molecule has 1 aromatic heterocycles. The first-order valence-electron chi connectivity index (χ1n) is 6.35. The van der Waals surface area contributed by atoms with Crippen LogP contribution in [0, 0.1) is 0 Å². The molecule has 0 saturated carbocycles. The molecule has 4 N–H and O–H groups in total. The van der Waals surface area contributed by atoms with E-state index in [4.69, 9.17) is 5.73 Å². The van der Waals surface area contributed by atoms with Crippen LogP contribution in [0.25, 0.3) is 0 Å². The van der Waals surface area contributed by atoms with Crippen molar-refractivity contribution in [1.29, 1.82) is 0 Å². The number of nitrogen functional groups attached to an aromatic ring is 1. The maximum Gasteiger partial charge on any atom is 0.180 e. The topological polar surface area (TPSA) is 71.2 Å². The van der Waals surface area contributed by atoms with E-state index in [1.165, 1.54) is 4.88 Å². The van der Waals surface area contributed by atoms with Crippen molar-refractivity contribution in [3.63, 3.8) is 0 Å². The molecule has 1 aliphatic carbocycles. The van der Waals surface area contributed by atoms with E-state index in [0.29, 0.717) is 10.9 Å². The molecule has 19 heavy (non-hydrogen) atoms. The van der Waals surface area contributed by atoms with Crippen LogP contribution in [-0.4, -0.2) is 17.1 Å². The number of hydrogen-bond acceptors (Lipinski definition) is 5. The van der Waals surface area contributed by atoms with Gasteiger partial charge in [-0.2, -0.15) is 0 Å². The number of phenolic OH excluding ortho intramolecular Hbond substituents is 1. The summed E-state index contributed by atoms with van der Waals surface area (Å²) in [5.74, 6) is 0.307. The third-order valence-electron chi connectivity index (χ3n) is 3.92. The van der Waals surface area contributed by atoms with Crippen LogP contribution >= 0.6 is 11.3 Å². The van der Waals surface area contributed by atoms with Gasteiger partial charge in [0.2, 0.25) is 0 Å². The van der Waals surface area contributed by atoms with E-state index >= 15 is 0 Å². The normalized spacial score (nSPS) is 22.2. The van der Waals surface area contributed by atoms with Gasteiger partial charge in [0.25, 0.3) is 0 Å². The lowest BCUT2D eigenvalue weighted by Gasteiger charge is -2.37. The van der Waals surface area contributed by atoms with Crippen molar-refractivity contribution in [1.82, 2.24) is 10.3 Å². The van der Waals surface area contributed by atoms with Gasteiger partial charge in [-0.3, -0.25) is 0 Å². The number of nitrogens with zero attached hydrogens (tertiary/aromatic N) is 1. The fraction of sp³-hybridized carbons (Fsp3) is 0.357. The van der Waals surface area contributed by atoms with Crippen LogP contribution in [0.2, 0.25) is 0 Å². The summed E-state index contributed by atoms with van der Waals surface area (Å²) in [5.41, 5.74) is 7.92. The summed E-state index contributed by atoms with van der Waals surface area (Å²) in [6.45, 7) is 0. The van der Waals surface area contributed by atoms with Crippen LogP contribution in [0.5, 0.6) is 5.75 Å². The summed E-state index contributed by atoms with van der Waals surface area (Å²) in [7, 11) is 1.97. The first-order valence-corrected chi connectivity index (χ1v) is 7.17. The lowest BCUT2D eigenvalue weighted by atomic mass is 9.78. The van der Waals surface area contributed by atoms with Crippen LogP contribution in [0.4, 0.5) is 5.13 Å². The number of hydrogen-bond donors (Lipinski definition) is 3. The molecule has 0 saturated heterocycles. The zero-order valence-electron chi connectivity index (χ0n) is 10.8. The monoisotopic (exact) mass is 275 g/mol. The molecule has 0 radical (unpaired) electrons. The molecule has 1 aliphatic rings. The molecule has 0 bridgehead atoms. The molecule has 0 unspecified atom stereocenters. The average molecular weight is 275 g/mol. The van der Waals surface area contributed by atoms with Crippen LogP contribution in [0.3, 0.4) is 0 Å². The molecular weight excluding hydrogens is 258 g/mol. The summed E-state index contributed by atoms with van der Waals surface area (Å²) in [6.07, 6.45) is 2.75. The predicted molar refractivity (Wildman–Crippen MR) is 77.4 cm³/mol. The number of rotatable bonds is 2. The number of nitrogens with two attached hydrogens (primary N) is 1. The number of aromatic hydroxyl groups is 1. The number of nitrogens with one attached hydrogen (secondary N) is 1. The van der Waals surface area contributed by atoms with Gasteiger partial charge in [-0.25, -0.2) is 4.98 Å². The highest BCUT2D eigenvalue weighted by Gasteiger charge is 2.36. The first kappa shape index (κ1) is 12.4. The van der Waals surface area contributed by atoms with E-state index in [1.54, 1.807) is 17.4 Å². The van der Waals surface area contributed by atoms with Crippen molar-refractivity contribution in [3.8, 4) is 5.75 Å². The highest BCUT2D eigenvalue weighted by Crippen LogP contribution is 2.39. The Labute approximate surface area is 116 Å². The third-order valence-corrected chi connectivity index (χ3v) is 4.85. The van der Waals surface area contributed by atoms with Crippen molar-refractivity contribution in [2.75, 3.05) is 12.8 Å². The van der Waals surface area contributed by atoms with Gasteiger partial charge in [-0.1, -0.05) is 12.1 Å². The van der Waals surface area contributed by atoms with Crippen LogP contribution in [0.1, 0.15) is 22.6 Å². The van der Waals surface area contributed by atoms with E-state index in [1.807, 2.05) is 19.2 Å². The number of benzene rings is 1. The fourth-order valence-corrected chi connectivity index (χ4v) is 3.83. The van der Waals surface area contributed by atoms with Crippen LogP contribution in [0.15, 0.2) is 24.3 Å². The summed E-state index contributed by atoms with van der Waals surface area (Å²) in [4.78, 5) is 5.63. The van der Waals surface area contributed by atoms with Gasteiger partial charge in [-0.05, 0) is 37.6 Å². The second-order valence-corrected chi connectivity index (χ2v) is 6.10. The molecule has 1 aromatic carbocycles. The quantitative estimate of drug-likeness (QED) is 0.784. The van der Waals surface area contributed by atoms with Gasteiger partial charge in [0.05, 0.1) is 5.69 Å². The van der Waals surface area contributed by atoms with Crippen molar-refractivity contribution in [2.45, 2.75) is 24.8 Å². The molecule has 0 amide bonds. The Morgan fingerprint density at radius 1 is 1.47 bits per heavy atom. The summed E-state index contributed by atoms with van der Waals surface area (Å²) < 4.78 is 0. The Hall–Kier alpha value is -1.59. The molecule has 2 aromatic rings. The molecule has 1 heterocycles. The number of aromatic nitrogens is 1. The van der Waals surface area contributed by atoms with E-state index in [2.05, 4.69) is 16.4 Å². The zero-order valence-corrected chi connectivity index (χ0v) is 11.6. The second-order valence-electron chi connectivity index (χ2n) is 4.98. The Kier molecular flexibility index (Phi) is 2.95. The summed E-state index contributed by atoms with van der Waals surface area (Å²) in [6, 6.07) is 7.49. The minimum atomic E-state index is -0.134. The second kappa shape index (κ2) is 4.51. The van der Waals surface area contributed by atoms with E-state index < -0.39 is 0 Å². The van der Waals surface area contributed by atoms with Gasteiger partial charge in [0.1, 0.15) is 5.75 Å². The molecule has 3 rings (SSSR count). The van der Waals surface area contributed by atoms with Gasteiger partial charge in [0.15, 0.2) is 5.13 Å². The van der Waals surface area contributed by atoms with E-state index in [0.717, 1.165) is 30.5 Å². The minimum Gasteiger partial charge on any atom is -0.508 e. The average Bonchev–Trinajstić information content (AvgIpc) is 2.77. The Balaban J connectivity index is 2.02. The number of likely N-dealkylation sites (N-methyl/N-ethyl adjacent to an activating group) is 1. The molecule has 100 valence electrons. The number of fused-ring (bicyclic) bond motifs is 1. The number of thiazole rings is 1. The van der Waals surface area contributed by atoms with Gasteiger partial charge in [-0.15, -0.1) is 11.3 Å². The maximum absolute atomic E-state index is 9.70. The third kappa shape index (κ3) is 2.09. The maximum atomic E-state index is 9.70. The molecular formula is C14H17N3OS. The molecule has 1 atom stereocenters. The summed E-state index contributed by atoms with van der Waals surface area (Å²) in [5, 5.41) is 13.8. The predicted octanol–water partition coefficient (Wildman–Crippen LogP) is 2.03. The van der Waals surface area contributed by atoms with Crippen molar-refractivity contribution in [3.05, 3.63) is 40.4 Å². The number of phenols is 1. The number of anilines is 1. The van der Waals surface area contributed by atoms with Crippen LogP contribution < -0.4 is 11.1 Å². The van der Waals surface area contributed by atoms with E-state index in [9.17, 15) is 5.11 Å². The Bertz CT molecular complexity index is 610. The van der Waals surface area contributed by atoms with Gasteiger partial charge in [0, 0.05) is 16.8 Å². The smallest absolute Gasteiger partial charge is 0.180 e. The lowest BCUT2D eigenvalue weighted by Crippen LogP contribution is -2.44. The molecule has 4 nitrogen and oxygen atoms in total. The Morgan fingerprint density at radius 2 is 2.32 bits per heavy atom. The lowest BCUT2D eigenvalue weighted by molar-refractivity contribution is 0.314. The zero-order chi connectivity index (χ0) is 13.5. The van der Waals surface area contributed by atoms with E-state index in [-0.39, 0.29) is 5.54 Å². The largest absolute Gasteiger partial charge is 0.508 e. The van der Waals surface area contributed by atoms with Crippen LogP contribution in [-0.2, 0) is 18.4 Å². The molecule has 0 spiro atoms. The molecule has 0 aliphatic heterocycles. The Morgan fingerprint density at radius 3 is 3.05 bits per heavy atom.